The van der Waals surface area contributed by atoms with Gasteiger partial charge in [-0.05, 0) is 104 Å². The Balaban J connectivity index is 1.46. The molecule has 0 nitrogen and oxygen atoms in total. The molecule has 0 N–H and O–H groups in total. The van der Waals surface area contributed by atoms with Crippen LogP contribution < -0.4 is 0 Å². The smallest absolute Gasteiger partial charge is 0.00851 e. The van der Waals surface area contributed by atoms with E-state index in [-0.39, 0.29) is 0 Å². The minimum atomic E-state index is 0.562. The zero-order chi connectivity index (χ0) is 19.2. The molecule has 0 aromatic heterocycles. The molecule has 0 saturated heterocycles. The third-order valence-corrected chi connectivity index (χ3v) is 10.1. The van der Waals surface area contributed by atoms with Gasteiger partial charge in [0.1, 0.15) is 0 Å². The van der Waals surface area contributed by atoms with Crippen LogP contribution in [0.1, 0.15) is 112 Å². The lowest BCUT2D eigenvalue weighted by Gasteiger charge is -2.58. The van der Waals surface area contributed by atoms with Crippen LogP contribution in [0.25, 0.3) is 0 Å². The number of allylic oxidation sites excluding steroid dienone is 2. The summed E-state index contributed by atoms with van der Waals surface area (Å²) in [6.45, 7) is 12.6. The zero-order valence-electron chi connectivity index (χ0n) is 19.0. The largest absolute Gasteiger partial charge is 0.0845 e. The van der Waals surface area contributed by atoms with Crippen molar-refractivity contribution in [2.75, 3.05) is 0 Å². The fraction of sp³-hybridized carbons (Fsp3) is 0.926. The van der Waals surface area contributed by atoms with Crippen LogP contribution in [-0.2, 0) is 0 Å². The van der Waals surface area contributed by atoms with Crippen molar-refractivity contribution in [1.29, 1.82) is 0 Å². The van der Waals surface area contributed by atoms with E-state index in [1.165, 1.54) is 70.6 Å². The maximum absolute atomic E-state index is 2.75. The summed E-state index contributed by atoms with van der Waals surface area (Å²) >= 11 is 0. The first-order valence-electron chi connectivity index (χ1n) is 12.5. The zero-order valence-corrected chi connectivity index (χ0v) is 19.0. The molecule has 0 aromatic rings. The molecule has 0 spiro atoms. The molecular formula is C27H46. The molecule has 0 amide bonds. The third kappa shape index (κ3) is 3.46. The van der Waals surface area contributed by atoms with E-state index in [4.69, 9.17) is 0 Å². The lowest BCUT2D eigenvalue weighted by Crippen LogP contribution is -2.49. The van der Waals surface area contributed by atoms with Crippen molar-refractivity contribution in [2.45, 2.75) is 112 Å². The average molecular weight is 371 g/mol. The van der Waals surface area contributed by atoms with Gasteiger partial charge in [0, 0.05) is 0 Å². The van der Waals surface area contributed by atoms with Crippen LogP contribution in [-0.4, -0.2) is 0 Å². The Morgan fingerprint density at radius 3 is 2.59 bits per heavy atom. The molecule has 3 fully saturated rings. The SMILES string of the molecule is CC(C)CCCC[C@H]1CCC2C3CC=C4C[C@@H](C)CC[C@]4(C)C3CC[C@@]21C. The summed E-state index contributed by atoms with van der Waals surface area (Å²) in [4.78, 5) is 0. The monoisotopic (exact) mass is 370 g/mol. The van der Waals surface area contributed by atoms with Crippen molar-refractivity contribution in [3.05, 3.63) is 11.6 Å². The summed E-state index contributed by atoms with van der Waals surface area (Å²) in [5, 5.41) is 0. The molecule has 0 heteroatoms. The number of unbranched alkanes of at least 4 members (excludes halogenated alkanes) is 1. The molecule has 0 aliphatic heterocycles. The van der Waals surface area contributed by atoms with Gasteiger partial charge in [-0.2, -0.15) is 0 Å². The van der Waals surface area contributed by atoms with Gasteiger partial charge < -0.3 is 0 Å². The number of fused-ring (bicyclic) bond motifs is 5. The predicted octanol–water partition coefficient (Wildman–Crippen LogP) is 8.42. The van der Waals surface area contributed by atoms with Crippen LogP contribution in [0.2, 0.25) is 0 Å². The summed E-state index contributed by atoms with van der Waals surface area (Å²) in [5.74, 6) is 5.88. The first kappa shape index (κ1) is 20.0. The molecule has 0 radical (unpaired) electrons. The summed E-state index contributed by atoms with van der Waals surface area (Å²) in [7, 11) is 0. The predicted molar refractivity (Wildman–Crippen MR) is 118 cm³/mol. The first-order chi connectivity index (χ1) is 12.8. The van der Waals surface area contributed by atoms with Crippen molar-refractivity contribution in [1.82, 2.24) is 0 Å². The lowest BCUT2D eigenvalue weighted by molar-refractivity contribution is -0.0450. The molecule has 0 heterocycles. The quantitative estimate of drug-likeness (QED) is 0.336. The minimum Gasteiger partial charge on any atom is -0.0845 e. The molecule has 0 aromatic carbocycles. The molecule has 4 rings (SSSR count). The average Bonchev–Trinajstić information content (AvgIpc) is 2.96. The molecule has 4 aliphatic rings. The topological polar surface area (TPSA) is 0 Å². The maximum atomic E-state index is 2.75. The van der Waals surface area contributed by atoms with Crippen LogP contribution >= 0.6 is 0 Å². The van der Waals surface area contributed by atoms with E-state index in [1.807, 2.05) is 5.57 Å². The molecular weight excluding hydrogens is 324 g/mol. The molecule has 7 atom stereocenters. The van der Waals surface area contributed by atoms with E-state index >= 15 is 0 Å². The molecule has 4 aliphatic carbocycles. The van der Waals surface area contributed by atoms with E-state index in [0.29, 0.717) is 10.8 Å². The van der Waals surface area contributed by atoms with E-state index in [2.05, 4.69) is 40.7 Å². The van der Waals surface area contributed by atoms with Crippen LogP contribution in [0.5, 0.6) is 0 Å². The van der Waals surface area contributed by atoms with Gasteiger partial charge in [0.25, 0.3) is 0 Å². The van der Waals surface area contributed by atoms with Crippen molar-refractivity contribution in [2.24, 2.45) is 46.3 Å². The van der Waals surface area contributed by atoms with Crippen LogP contribution in [0, 0.1) is 46.3 Å². The number of hydrogen-bond donors (Lipinski definition) is 0. The Hall–Kier alpha value is -0.260. The van der Waals surface area contributed by atoms with Gasteiger partial charge in [-0.25, -0.2) is 0 Å². The maximum Gasteiger partial charge on any atom is -0.00851 e. The van der Waals surface area contributed by atoms with Crippen molar-refractivity contribution in [3.8, 4) is 0 Å². The van der Waals surface area contributed by atoms with Crippen LogP contribution in [0.15, 0.2) is 11.6 Å². The lowest BCUT2D eigenvalue weighted by atomic mass is 9.47. The van der Waals surface area contributed by atoms with Gasteiger partial charge in [-0.1, -0.05) is 65.5 Å². The van der Waals surface area contributed by atoms with Gasteiger partial charge in [0.05, 0.1) is 0 Å². The second-order valence-electron chi connectivity index (χ2n) is 12.1. The molecule has 3 saturated carbocycles. The van der Waals surface area contributed by atoms with Crippen molar-refractivity contribution in [3.63, 3.8) is 0 Å². The molecule has 3 unspecified atom stereocenters. The highest BCUT2D eigenvalue weighted by molar-refractivity contribution is 5.24. The van der Waals surface area contributed by atoms with Crippen LogP contribution in [0.3, 0.4) is 0 Å². The van der Waals surface area contributed by atoms with Gasteiger partial charge in [-0.15, -0.1) is 0 Å². The Morgan fingerprint density at radius 1 is 1.00 bits per heavy atom. The van der Waals surface area contributed by atoms with Gasteiger partial charge in [0.2, 0.25) is 0 Å². The van der Waals surface area contributed by atoms with Crippen LogP contribution in [0.4, 0.5) is 0 Å². The number of hydrogen-bond acceptors (Lipinski definition) is 0. The van der Waals surface area contributed by atoms with E-state index in [1.54, 1.807) is 6.42 Å². The third-order valence-electron chi connectivity index (χ3n) is 10.1. The fourth-order valence-corrected chi connectivity index (χ4v) is 8.37. The second-order valence-corrected chi connectivity index (χ2v) is 12.1. The number of rotatable bonds is 5. The van der Waals surface area contributed by atoms with Gasteiger partial charge >= 0.3 is 0 Å². The fourth-order valence-electron chi connectivity index (χ4n) is 8.37. The first-order valence-corrected chi connectivity index (χ1v) is 12.5. The van der Waals surface area contributed by atoms with Gasteiger partial charge in [-0.3, -0.25) is 0 Å². The summed E-state index contributed by atoms with van der Waals surface area (Å²) in [6.07, 6.45) is 20.6. The normalized spacial score (nSPS) is 46.6. The Morgan fingerprint density at radius 2 is 1.81 bits per heavy atom. The van der Waals surface area contributed by atoms with Crippen molar-refractivity contribution >= 4 is 0 Å². The van der Waals surface area contributed by atoms with E-state index in [9.17, 15) is 0 Å². The molecule has 154 valence electrons. The van der Waals surface area contributed by atoms with Gasteiger partial charge in [0.15, 0.2) is 0 Å². The molecule has 0 bridgehead atoms. The Bertz CT molecular complexity index is 556. The summed E-state index contributed by atoms with van der Waals surface area (Å²) in [5.41, 5.74) is 3.10. The highest BCUT2D eigenvalue weighted by Gasteiger charge is 2.58. The summed E-state index contributed by atoms with van der Waals surface area (Å²) in [6, 6.07) is 0. The molecule has 27 heavy (non-hydrogen) atoms. The van der Waals surface area contributed by atoms with Crippen molar-refractivity contribution < 1.29 is 0 Å². The van der Waals surface area contributed by atoms with E-state index < -0.39 is 0 Å². The van der Waals surface area contributed by atoms with E-state index in [0.717, 1.165) is 35.5 Å². The summed E-state index contributed by atoms with van der Waals surface area (Å²) < 4.78 is 0. The Kier molecular flexibility index (Phi) is 5.59. The Labute approximate surface area is 170 Å². The highest BCUT2D eigenvalue weighted by atomic mass is 14.6. The standard InChI is InChI=1S/C27H46/c1-19(2)8-6-7-9-21-11-13-24-23-12-10-22-18-20(3)14-16-27(22,5)25(23)15-17-26(21,24)4/h10,19-21,23-25H,6-9,11-18H2,1-5H3/t20-,21-,23?,24?,25?,26+,27-/m0/s1. The second kappa shape index (κ2) is 7.53. The minimum absolute atomic E-state index is 0.562. The highest BCUT2D eigenvalue weighted by Crippen LogP contribution is 2.67.